The van der Waals surface area contributed by atoms with Crippen molar-refractivity contribution in [3.05, 3.63) is 75.1 Å². The summed E-state index contributed by atoms with van der Waals surface area (Å²) in [4.78, 5) is 11.8. The lowest BCUT2D eigenvalue weighted by Gasteiger charge is -2.12. The van der Waals surface area contributed by atoms with Crippen LogP contribution in [0.3, 0.4) is 0 Å². The van der Waals surface area contributed by atoms with Crippen LogP contribution in [0.2, 0.25) is 0 Å². The first kappa shape index (κ1) is 17.1. The second-order valence-electron chi connectivity index (χ2n) is 5.75. The Balaban J connectivity index is 1.89. The largest absolute Gasteiger partial charge is 0.488 e. The van der Waals surface area contributed by atoms with E-state index in [9.17, 15) is 18.0 Å². The molecular formula is C19H15F3O3. The van der Waals surface area contributed by atoms with Crippen molar-refractivity contribution in [3.8, 4) is 5.75 Å². The van der Waals surface area contributed by atoms with Gasteiger partial charge in [0.25, 0.3) is 0 Å². The molecule has 0 unspecified atom stereocenters. The summed E-state index contributed by atoms with van der Waals surface area (Å²) in [5.41, 5.74) is 1.18. The van der Waals surface area contributed by atoms with Crippen molar-refractivity contribution < 1.29 is 22.3 Å². The van der Waals surface area contributed by atoms with Crippen LogP contribution in [0.5, 0.6) is 5.75 Å². The zero-order valence-electron chi connectivity index (χ0n) is 13.6. The summed E-state index contributed by atoms with van der Waals surface area (Å²) in [6.07, 6.45) is -4.36. The molecule has 3 aromatic rings. The van der Waals surface area contributed by atoms with Gasteiger partial charge in [0.2, 0.25) is 0 Å². The number of alkyl halides is 3. The van der Waals surface area contributed by atoms with E-state index in [0.29, 0.717) is 27.8 Å². The highest BCUT2D eigenvalue weighted by Crippen LogP contribution is 2.31. The van der Waals surface area contributed by atoms with Crippen LogP contribution in [0, 0.1) is 13.8 Å². The van der Waals surface area contributed by atoms with Gasteiger partial charge in [0.15, 0.2) is 0 Å². The molecule has 0 radical (unpaired) electrons. The maximum absolute atomic E-state index is 12.6. The van der Waals surface area contributed by atoms with Crippen LogP contribution in [0.1, 0.15) is 22.3 Å². The van der Waals surface area contributed by atoms with Crippen LogP contribution >= 0.6 is 0 Å². The quantitative estimate of drug-likeness (QED) is 0.625. The molecule has 0 amide bonds. The molecule has 0 aliphatic rings. The monoisotopic (exact) mass is 348 g/mol. The summed E-state index contributed by atoms with van der Waals surface area (Å²) < 4.78 is 48.8. The summed E-state index contributed by atoms with van der Waals surface area (Å²) in [7, 11) is 0. The van der Waals surface area contributed by atoms with Crippen LogP contribution < -0.4 is 10.4 Å². The van der Waals surface area contributed by atoms with Gasteiger partial charge in [-0.2, -0.15) is 13.2 Å². The molecule has 0 spiro atoms. The van der Waals surface area contributed by atoms with Crippen LogP contribution in [-0.4, -0.2) is 0 Å². The molecule has 6 heteroatoms. The van der Waals surface area contributed by atoms with Crippen molar-refractivity contribution in [1.29, 1.82) is 0 Å². The molecule has 3 nitrogen and oxygen atoms in total. The van der Waals surface area contributed by atoms with Crippen LogP contribution in [0.15, 0.2) is 51.7 Å². The summed E-state index contributed by atoms with van der Waals surface area (Å²) in [5, 5.41) is 0.687. The summed E-state index contributed by atoms with van der Waals surface area (Å²) in [6.45, 7) is 3.59. The first-order chi connectivity index (χ1) is 11.8. The molecule has 25 heavy (non-hydrogen) atoms. The Bertz CT molecular complexity index is 970. The van der Waals surface area contributed by atoms with Gasteiger partial charge in [-0.15, -0.1) is 0 Å². The zero-order chi connectivity index (χ0) is 18.2. The highest BCUT2D eigenvalue weighted by Gasteiger charge is 2.29. The third-order valence-electron chi connectivity index (χ3n) is 4.11. The maximum Gasteiger partial charge on any atom is 0.416 e. The first-order valence-corrected chi connectivity index (χ1v) is 7.59. The minimum atomic E-state index is -4.36. The van der Waals surface area contributed by atoms with Crippen molar-refractivity contribution in [2.24, 2.45) is 0 Å². The minimum Gasteiger partial charge on any atom is -0.488 e. The molecule has 1 heterocycles. The molecule has 0 N–H and O–H groups in total. The van der Waals surface area contributed by atoms with E-state index in [1.807, 2.05) is 0 Å². The minimum absolute atomic E-state index is 0.106. The van der Waals surface area contributed by atoms with Crippen molar-refractivity contribution >= 4 is 11.0 Å². The number of ether oxygens (including phenoxy) is 1. The van der Waals surface area contributed by atoms with Gasteiger partial charge in [-0.1, -0.05) is 18.2 Å². The maximum atomic E-state index is 12.6. The zero-order valence-corrected chi connectivity index (χ0v) is 13.6. The number of aryl methyl sites for hydroxylation is 1. The average molecular weight is 348 g/mol. The van der Waals surface area contributed by atoms with E-state index in [2.05, 4.69) is 0 Å². The van der Waals surface area contributed by atoms with Gasteiger partial charge in [-0.25, -0.2) is 4.79 Å². The number of halogens is 3. The lowest BCUT2D eigenvalue weighted by Crippen LogP contribution is -2.07. The van der Waals surface area contributed by atoms with Crippen molar-refractivity contribution in [3.63, 3.8) is 0 Å². The molecule has 0 saturated heterocycles. The molecule has 0 fully saturated rings. The Kier molecular flexibility index (Phi) is 4.29. The molecule has 0 aliphatic heterocycles. The van der Waals surface area contributed by atoms with Crippen molar-refractivity contribution in [2.45, 2.75) is 26.6 Å². The van der Waals surface area contributed by atoms with E-state index < -0.39 is 17.4 Å². The van der Waals surface area contributed by atoms with Gasteiger partial charge in [-0.3, -0.25) is 0 Å². The fourth-order valence-electron chi connectivity index (χ4n) is 2.55. The first-order valence-electron chi connectivity index (χ1n) is 7.59. The highest BCUT2D eigenvalue weighted by atomic mass is 19.4. The average Bonchev–Trinajstić information content (AvgIpc) is 2.57. The smallest absolute Gasteiger partial charge is 0.416 e. The highest BCUT2D eigenvalue weighted by molar-refractivity contribution is 5.87. The van der Waals surface area contributed by atoms with E-state index in [-0.39, 0.29) is 6.61 Å². The predicted molar refractivity (Wildman–Crippen MR) is 87.7 cm³/mol. The molecule has 1 aromatic heterocycles. The Morgan fingerprint density at radius 2 is 1.68 bits per heavy atom. The Morgan fingerprint density at radius 1 is 1.00 bits per heavy atom. The standard InChI is InChI=1S/C19H15F3O3/c1-11-12(2)18(23)25-16-5-3-4-15(17(11)16)24-10-13-6-8-14(9-7-13)19(20,21)22/h3-9H,10H2,1-2H3. The third-order valence-corrected chi connectivity index (χ3v) is 4.11. The third kappa shape index (κ3) is 3.38. The number of rotatable bonds is 3. The molecular weight excluding hydrogens is 333 g/mol. The second kappa shape index (κ2) is 6.27. The van der Waals surface area contributed by atoms with Gasteiger partial charge in [0.1, 0.15) is 17.9 Å². The molecule has 0 aliphatic carbocycles. The Morgan fingerprint density at radius 3 is 2.32 bits per heavy atom. The van der Waals surface area contributed by atoms with E-state index in [1.54, 1.807) is 32.0 Å². The Hall–Kier alpha value is -2.76. The van der Waals surface area contributed by atoms with Gasteiger partial charge >= 0.3 is 11.8 Å². The summed E-state index contributed by atoms with van der Waals surface area (Å²) >= 11 is 0. The van der Waals surface area contributed by atoms with Crippen molar-refractivity contribution in [1.82, 2.24) is 0 Å². The normalized spacial score (nSPS) is 11.7. The molecule has 130 valence electrons. The van der Waals surface area contributed by atoms with Crippen LogP contribution in [-0.2, 0) is 12.8 Å². The van der Waals surface area contributed by atoms with E-state index in [4.69, 9.17) is 9.15 Å². The number of hydrogen-bond donors (Lipinski definition) is 0. The van der Waals surface area contributed by atoms with E-state index >= 15 is 0 Å². The lowest BCUT2D eigenvalue weighted by molar-refractivity contribution is -0.137. The fourth-order valence-corrected chi connectivity index (χ4v) is 2.55. The fraction of sp³-hybridized carbons (Fsp3) is 0.211. The number of fused-ring (bicyclic) bond motifs is 1. The molecule has 0 atom stereocenters. The lowest BCUT2D eigenvalue weighted by atomic mass is 10.1. The Labute approximate surface area is 141 Å². The number of benzene rings is 2. The van der Waals surface area contributed by atoms with Gasteiger partial charge in [-0.05, 0) is 49.2 Å². The predicted octanol–water partition coefficient (Wildman–Crippen LogP) is 5.01. The molecule has 0 bridgehead atoms. The topological polar surface area (TPSA) is 39.4 Å². The SMILES string of the molecule is Cc1c(C)c2c(OCc3ccc(C(F)(F)F)cc3)cccc2oc1=O. The molecule has 2 aromatic carbocycles. The molecule has 3 rings (SSSR count). The van der Waals surface area contributed by atoms with Gasteiger partial charge in [0, 0.05) is 5.56 Å². The molecule has 0 saturated carbocycles. The number of hydrogen-bond acceptors (Lipinski definition) is 3. The van der Waals surface area contributed by atoms with Gasteiger partial charge in [0.05, 0.1) is 10.9 Å². The van der Waals surface area contributed by atoms with Crippen LogP contribution in [0.4, 0.5) is 13.2 Å². The van der Waals surface area contributed by atoms with Crippen molar-refractivity contribution in [2.75, 3.05) is 0 Å². The van der Waals surface area contributed by atoms with Gasteiger partial charge < -0.3 is 9.15 Å². The van der Waals surface area contributed by atoms with E-state index in [1.165, 1.54) is 12.1 Å². The summed E-state index contributed by atoms with van der Waals surface area (Å²) in [6, 6.07) is 9.92. The summed E-state index contributed by atoms with van der Waals surface area (Å²) in [5.74, 6) is 0.516. The van der Waals surface area contributed by atoms with E-state index in [0.717, 1.165) is 17.7 Å². The second-order valence-corrected chi connectivity index (χ2v) is 5.75. The van der Waals surface area contributed by atoms with Crippen LogP contribution in [0.25, 0.3) is 11.0 Å².